The molecule has 10 aromatic carbocycles. The van der Waals surface area contributed by atoms with Crippen molar-refractivity contribution >= 4 is 54.3 Å². The van der Waals surface area contributed by atoms with E-state index in [-0.39, 0.29) is 0 Å². The summed E-state index contributed by atoms with van der Waals surface area (Å²) >= 11 is 0. The number of para-hydroxylation sites is 1. The molecule has 12 rings (SSSR count). The van der Waals surface area contributed by atoms with E-state index in [9.17, 15) is 0 Å². The van der Waals surface area contributed by atoms with E-state index >= 15 is 0 Å². The molecule has 0 spiro atoms. The third kappa shape index (κ3) is 3.83. The zero-order valence-electron chi connectivity index (χ0n) is 29.4. The lowest BCUT2D eigenvalue weighted by Crippen LogP contribution is -2.28. The van der Waals surface area contributed by atoms with Crippen molar-refractivity contribution in [2.75, 3.05) is 0 Å². The lowest BCUT2D eigenvalue weighted by Gasteiger charge is -2.34. The minimum atomic E-state index is -0.551. The molecule has 0 aliphatic heterocycles. The zero-order chi connectivity index (χ0) is 35.4. The average Bonchev–Trinajstić information content (AvgIpc) is 3.76. The highest BCUT2D eigenvalue weighted by Gasteiger charge is 2.48. The highest BCUT2D eigenvalue weighted by Crippen LogP contribution is 2.61. The molecule has 1 heterocycles. The summed E-state index contributed by atoms with van der Waals surface area (Å²) < 4.78 is 6.89. The molecule has 1 heteroatoms. The fraction of sp³-hybridized carbons (Fsp3) is 0.0189. The molecule has 0 atom stereocenters. The predicted molar refractivity (Wildman–Crippen MR) is 226 cm³/mol. The first-order chi connectivity index (χ1) is 26.8. The van der Waals surface area contributed by atoms with Crippen molar-refractivity contribution in [1.29, 1.82) is 0 Å². The summed E-state index contributed by atoms with van der Waals surface area (Å²) in [6.45, 7) is 0. The Morgan fingerprint density at radius 3 is 1.59 bits per heavy atom. The number of furan rings is 1. The van der Waals surface area contributed by atoms with Crippen LogP contribution >= 0.6 is 0 Å². The minimum absolute atomic E-state index is 0.551. The van der Waals surface area contributed by atoms with Gasteiger partial charge in [-0.15, -0.1) is 0 Å². The van der Waals surface area contributed by atoms with Gasteiger partial charge in [0.25, 0.3) is 0 Å². The molecule has 54 heavy (non-hydrogen) atoms. The van der Waals surface area contributed by atoms with E-state index in [2.05, 4.69) is 194 Å². The van der Waals surface area contributed by atoms with Crippen LogP contribution in [0.3, 0.4) is 0 Å². The molecule has 0 unspecified atom stereocenters. The first-order valence-electron chi connectivity index (χ1n) is 18.8. The number of hydrogen-bond donors (Lipinski definition) is 0. The normalized spacial score (nSPS) is 13.3. The fourth-order valence-corrected chi connectivity index (χ4v) is 9.96. The standard InChI is InChI=1S/C53H32O/c1-4-14-33(15-5-1)38-28-24-34-26-30-40-41(31-27-35-25-29-39(38)48(34)49(35)40)52-50-42-20-10-12-22-44(42)53(36-16-6-2-7-17-36,37-18-8-3-9-19-37)45(50)32-47-51(52)43-21-11-13-23-46(43)54-47/h1-32H. The lowest BCUT2D eigenvalue weighted by molar-refractivity contribution is 0.666. The number of fused-ring (bicyclic) bond motifs is 6. The maximum absolute atomic E-state index is 6.89. The Bertz CT molecular complexity index is 3200. The molecule has 0 N–H and O–H groups in total. The Labute approximate surface area is 312 Å². The molecule has 11 aromatic rings. The Morgan fingerprint density at radius 2 is 0.889 bits per heavy atom. The highest BCUT2D eigenvalue weighted by molar-refractivity contribution is 6.30. The van der Waals surface area contributed by atoms with Crippen molar-refractivity contribution in [1.82, 2.24) is 0 Å². The maximum Gasteiger partial charge on any atom is 0.136 e. The molecule has 1 nitrogen and oxygen atoms in total. The summed E-state index contributed by atoms with van der Waals surface area (Å²) in [6, 6.07) is 71.4. The van der Waals surface area contributed by atoms with Gasteiger partial charge in [-0.25, -0.2) is 0 Å². The van der Waals surface area contributed by atoms with Gasteiger partial charge in [-0.1, -0.05) is 182 Å². The summed E-state index contributed by atoms with van der Waals surface area (Å²) in [4.78, 5) is 0. The van der Waals surface area contributed by atoms with E-state index in [0.29, 0.717) is 0 Å². The second kappa shape index (κ2) is 11.0. The van der Waals surface area contributed by atoms with Crippen molar-refractivity contribution in [3.63, 3.8) is 0 Å². The van der Waals surface area contributed by atoms with Gasteiger partial charge in [0.2, 0.25) is 0 Å². The van der Waals surface area contributed by atoms with Gasteiger partial charge in [-0.3, -0.25) is 0 Å². The average molecular weight is 685 g/mol. The number of rotatable bonds is 4. The second-order valence-electron chi connectivity index (χ2n) is 14.7. The van der Waals surface area contributed by atoms with Crippen molar-refractivity contribution in [2.24, 2.45) is 0 Å². The Kier molecular flexibility index (Phi) is 6.04. The van der Waals surface area contributed by atoms with Crippen LogP contribution in [0.4, 0.5) is 0 Å². The van der Waals surface area contributed by atoms with Gasteiger partial charge >= 0.3 is 0 Å². The van der Waals surface area contributed by atoms with Gasteiger partial charge in [-0.05, 0) is 94.5 Å². The molecule has 0 bridgehead atoms. The van der Waals surface area contributed by atoms with Crippen LogP contribution < -0.4 is 0 Å². The first-order valence-corrected chi connectivity index (χ1v) is 18.8. The van der Waals surface area contributed by atoms with E-state index in [0.717, 1.165) is 21.9 Å². The van der Waals surface area contributed by atoms with Gasteiger partial charge in [0, 0.05) is 16.3 Å². The van der Waals surface area contributed by atoms with Crippen LogP contribution in [0.15, 0.2) is 199 Å². The monoisotopic (exact) mass is 684 g/mol. The molecule has 1 aliphatic carbocycles. The molecule has 0 radical (unpaired) electrons. The van der Waals surface area contributed by atoms with E-state index in [1.54, 1.807) is 0 Å². The SMILES string of the molecule is c1ccc(-c2ccc3ccc4c(-c5c6c(cc7oc8ccccc8c57)C(c5ccccc5)(c5ccccc5)c5ccccc5-6)ccc5ccc2c3c54)cc1. The van der Waals surface area contributed by atoms with Gasteiger partial charge in [-0.2, -0.15) is 0 Å². The fourth-order valence-electron chi connectivity index (χ4n) is 9.96. The molecule has 0 fully saturated rings. The van der Waals surface area contributed by atoms with E-state index in [1.165, 1.54) is 88.0 Å². The van der Waals surface area contributed by atoms with Gasteiger partial charge < -0.3 is 4.42 Å². The molecular weight excluding hydrogens is 653 g/mol. The Morgan fingerprint density at radius 1 is 0.333 bits per heavy atom. The summed E-state index contributed by atoms with van der Waals surface area (Å²) in [5.41, 5.74) is 13.8. The summed E-state index contributed by atoms with van der Waals surface area (Å²) in [5.74, 6) is 0. The van der Waals surface area contributed by atoms with Crippen molar-refractivity contribution < 1.29 is 4.42 Å². The van der Waals surface area contributed by atoms with Crippen LogP contribution in [-0.4, -0.2) is 0 Å². The summed E-state index contributed by atoms with van der Waals surface area (Å²) in [7, 11) is 0. The Hall–Kier alpha value is -6.96. The third-order valence-electron chi connectivity index (χ3n) is 12.1. The molecule has 1 aromatic heterocycles. The van der Waals surface area contributed by atoms with Crippen LogP contribution in [0.25, 0.3) is 87.6 Å². The Balaban J connectivity index is 1.28. The summed E-state index contributed by atoms with van der Waals surface area (Å²) in [5, 5.41) is 9.97. The lowest BCUT2D eigenvalue weighted by atomic mass is 9.67. The topological polar surface area (TPSA) is 13.1 Å². The van der Waals surface area contributed by atoms with Gasteiger partial charge in [0.05, 0.1) is 5.41 Å². The van der Waals surface area contributed by atoms with Crippen LogP contribution in [-0.2, 0) is 5.41 Å². The quantitative estimate of drug-likeness (QED) is 0.168. The van der Waals surface area contributed by atoms with Crippen molar-refractivity contribution in [3.8, 4) is 33.4 Å². The van der Waals surface area contributed by atoms with E-state index < -0.39 is 5.41 Å². The second-order valence-corrected chi connectivity index (χ2v) is 14.7. The van der Waals surface area contributed by atoms with Crippen LogP contribution in [0.5, 0.6) is 0 Å². The largest absolute Gasteiger partial charge is 0.456 e. The molecule has 250 valence electrons. The minimum Gasteiger partial charge on any atom is -0.456 e. The van der Waals surface area contributed by atoms with Gasteiger partial charge in [0.15, 0.2) is 0 Å². The van der Waals surface area contributed by atoms with Gasteiger partial charge in [0.1, 0.15) is 11.2 Å². The third-order valence-corrected chi connectivity index (χ3v) is 12.1. The number of hydrogen-bond acceptors (Lipinski definition) is 1. The highest BCUT2D eigenvalue weighted by atomic mass is 16.3. The molecular formula is C53H32O. The zero-order valence-corrected chi connectivity index (χ0v) is 29.4. The number of benzene rings is 10. The van der Waals surface area contributed by atoms with Crippen LogP contribution in [0, 0.1) is 0 Å². The van der Waals surface area contributed by atoms with Crippen molar-refractivity contribution in [2.45, 2.75) is 5.41 Å². The summed E-state index contributed by atoms with van der Waals surface area (Å²) in [6.07, 6.45) is 0. The predicted octanol–water partition coefficient (Wildman–Crippen LogP) is 14.2. The smallest absolute Gasteiger partial charge is 0.136 e. The van der Waals surface area contributed by atoms with Crippen LogP contribution in [0.1, 0.15) is 22.3 Å². The molecule has 0 saturated carbocycles. The first kappa shape index (κ1) is 29.6. The maximum atomic E-state index is 6.89. The van der Waals surface area contributed by atoms with Crippen molar-refractivity contribution in [3.05, 3.63) is 216 Å². The molecule has 0 saturated heterocycles. The molecule has 0 amide bonds. The molecule has 1 aliphatic rings. The van der Waals surface area contributed by atoms with E-state index in [1.807, 2.05) is 0 Å². The van der Waals surface area contributed by atoms with Crippen LogP contribution in [0.2, 0.25) is 0 Å². The van der Waals surface area contributed by atoms with E-state index in [4.69, 9.17) is 4.42 Å².